The largest absolute Gasteiger partial charge is 0.404 e. The fourth-order valence-corrected chi connectivity index (χ4v) is 1.32. The molecule has 7 heteroatoms. The second kappa shape index (κ2) is 4.82. The summed E-state index contributed by atoms with van der Waals surface area (Å²) in [6.07, 6.45) is -5.39. The first-order chi connectivity index (χ1) is 7.86. The van der Waals surface area contributed by atoms with E-state index in [9.17, 15) is 23.3 Å². The molecule has 0 heterocycles. The number of benzene rings is 1. The van der Waals surface area contributed by atoms with Crippen molar-refractivity contribution in [1.29, 1.82) is 5.26 Å². The molecule has 17 heavy (non-hydrogen) atoms. The van der Waals surface area contributed by atoms with Gasteiger partial charge in [0.15, 0.2) is 0 Å². The number of hydrogen-bond acceptors (Lipinski definition) is 3. The number of hydrogen-bond donors (Lipinski definition) is 0. The Balaban J connectivity index is 3.03. The second-order valence-corrected chi connectivity index (χ2v) is 3.31. The highest BCUT2D eigenvalue weighted by molar-refractivity contribution is 5.40. The third kappa shape index (κ3) is 3.17. The van der Waals surface area contributed by atoms with E-state index in [1.807, 2.05) is 0 Å². The van der Waals surface area contributed by atoms with Crippen molar-refractivity contribution in [2.75, 3.05) is 0 Å². The first kappa shape index (κ1) is 13.0. The van der Waals surface area contributed by atoms with Crippen LogP contribution in [0.1, 0.15) is 5.56 Å². The van der Waals surface area contributed by atoms with Crippen molar-refractivity contribution in [3.8, 4) is 6.07 Å². The van der Waals surface area contributed by atoms with Crippen LogP contribution in [-0.4, -0.2) is 11.1 Å². The molecule has 0 saturated heterocycles. The molecule has 0 aromatic heterocycles. The molecule has 1 aromatic rings. The van der Waals surface area contributed by atoms with Crippen LogP contribution in [-0.2, 0) is 6.42 Å². The Kier molecular flexibility index (Phi) is 3.68. The standard InChI is InChI=1S/C10H7F3N2O2/c11-10(12,13)8(6-14)5-7-3-1-2-4-9(7)15(16)17/h1-4,8H,5H2. The summed E-state index contributed by atoms with van der Waals surface area (Å²) in [5, 5.41) is 19.0. The molecule has 0 aliphatic rings. The molecule has 0 spiro atoms. The average molecular weight is 244 g/mol. The van der Waals surface area contributed by atoms with Gasteiger partial charge in [-0.25, -0.2) is 0 Å². The zero-order chi connectivity index (χ0) is 13.1. The van der Waals surface area contributed by atoms with Crippen LogP contribution in [0, 0.1) is 27.4 Å². The summed E-state index contributed by atoms with van der Waals surface area (Å²) in [6, 6.07) is 6.19. The van der Waals surface area contributed by atoms with E-state index in [1.165, 1.54) is 18.2 Å². The van der Waals surface area contributed by atoms with Crippen LogP contribution in [0.5, 0.6) is 0 Å². The molecule has 0 fully saturated rings. The number of rotatable bonds is 3. The first-order valence-corrected chi connectivity index (χ1v) is 4.55. The average Bonchev–Trinajstić information content (AvgIpc) is 2.24. The first-order valence-electron chi connectivity index (χ1n) is 4.55. The number of halogens is 3. The number of nitro benzene ring substituents is 1. The van der Waals surface area contributed by atoms with Gasteiger partial charge in [-0.1, -0.05) is 18.2 Å². The lowest BCUT2D eigenvalue weighted by Gasteiger charge is -2.12. The summed E-state index contributed by atoms with van der Waals surface area (Å²) < 4.78 is 37.0. The Hall–Kier alpha value is -2.10. The maximum atomic E-state index is 12.3. The van der Waals surface area contributed by atoms with Crippen LogP contribution in [0.25, 0.3) is 0 Å². The van der Waals surface area contributed by atoms with E-state index in [-0.39, 0.29) is 5.56 Å². The third-order valence-corrected chi connectivity index (χ3v) is 2.16. The fourth-order valence-electron chi connectivity index (χ4n) is 1.32. The van der Waals surface area contributed by atoms with Crippen LogP contribution < -0.4 is 0 Å². The smallest absolute Gasteiger partial charge is 0.258 e. The predicted molar refractivity (Wildman–Crippen MR) is 52.0 cm³/mol. The van der Waals surface area contributed by atoms with Crippen molar-refractivity contribution in [2.24, 2.45) is 5.92 Å². The Morgan fingerprint density at radius 3 is 2.47 bits per heavy atom. The number of alkyl halides is 3. The zero-order valence-electron chi connectivity index (χ0n) is 8.44. The number of nitrogens with zero attached hydrogens (tertiary/aromatic N) is 2. The lowest BCUT2D eigenvalue weighted by molar-refractivity contribution is -0.385. The molecule has 1 unspecified atom stereocenters. The van der Waals surface area contributed by atoms with Crippen LogP contribution in [0.3, 0.4) is 0 Å². The van der Waals surface area contributed by atoms with Crippen LogP contribution in [0.4, 0.5) is 18.9 Å². The Labute approximate surface area is 94.4 Å². The number of nitriles is 1. The van der Waals surface area contributed by atoms with Crippen LogP contribution in [0.2, 0.25) is 0 Å². The molecule has 0 N–H and O–H groups in total. The molecule has 0 aliphatic heterocycles. The van der Waals surface area contributed by atoms with Gasteiger partial charge in [0.05, 0.1) is 11.0 Å². The minimum Gasteiger partial charge on any atom is -0.258 e. The summed E-state index contributed by atoms with van der Waals surface area (Å²) in [4.78, 5) is 9.82. The topological polar surface area (TPSA) is 66.9 Å². The molecule has 0 radical (unpaired) electrons. The molecule has 1 aromatic carbocycles. The highest BCUT2D eigenvalue weighted by atomic mass is 19.4. The number of nitro groups is 1. The molecule has 90 valence electrons. The van der Waals surface area contributed by atoms with Crippen LogP contribution in [0.15, 0.2) is 24.3 Å². The van der Waals surface area contributed by atoms with Crippen LogP contribution >= 0.6 is 0 Å². The van der Waals surface area contributed by atoms with E-state index in [0.29, 0.717) is 0 Å². The lowest BCUT2D eigenvalue weighted by Crippen LogP contribution is -2.23. The van der Waals surface area contributed by atoms with Crippen molar-refractivity contribution in [1.82, 2.24) is 0 Å². The summed E-state index contributed by atoms with van der Waals surface area (Å²) in [5.74, 6) is -2.23. The normalized spacial score (nSPS) is 12.8. The monoisotopic (exact) mass is 244 g/mol. The number of para-hydroxylation sites is 1. The molecule has 0 aliphatic carbocycles. The summed E-state index contributed by atoms with van der Waals surface area (Å²) >= 11 is 0. The van der Waals surface area contributed by atoms with Gasteiger partial charge in [-0.3, -0.25) is 10.1 Å². The van der Waals surface area contributed by atoms with E-state index in [1.54, 1.807) is 0 Å². The molecule has 1 atom stereocenters. The van der Waals surface area contributed by atoms with Gasteiger partial charge in [0.25, 0.3) is 5.69 Å². The van der Waals surface area contributed by atoms with Crippen molar-refractivity contribution < 1.29 is 18.1 Å². The molecular weight excluding hydrogens is 237 g/mol. The molecule has 4 nitrogen and oxygen atoms in total. The molecule has 0 amide bonds. The summed E-state index contributed by atoms with van der Waals surface area (Å²) in [6.45, 7) is 0. The van der Waals surface area contributed by atoms with Gasteiger partial charge in [0, 0.05) is 18.1 Å². The van der Waals surface area contributed by atoms with Gasteiger partial charge >= 0.3 is 6.18 Å². The third-order valence-electron chi connectivity index (χ3n) is 2.16. The highest BCUT2D eigenvalue weighted by Crippen LogP contribution is 2.31. The Morgan fingerprint density at radius 2 is 2.00 bits per heavy atom. The summed E-state index contributed by atoms with van der Waals surface area (Å²) in [5.41, 5.74) is -0.502. The minimum atomic E-state index is -4.68. The van der Waals surface area contributed by atoms with Crippen molar-refractivity contribution in [2.45, 2.75) is 12.6 Å². The van der Waals surface area contributed by atoms with Gasteiger partial charge < -0.3 is 0 Å². The predicted octanol–water partition coefficient (Wildman–Crippen LogP) is 2.84. The van der Waals surface area contributed by atoms with E-state index in [0.717, 1.165) is 12.1 Å². The Morgan fingerprint density at radius 1 is 1.41 bits per heavy atom. The Bertz CT molecular complexity index is 465. The van der Waals surface area contributed by atoms with Crippen molar-refractivity contribution >= 4 is 5.69 Å². The minimum absolute atomic E-state index is 0.0959. The fraction of sp³-hybridized carbons (Fsp3) is 0.300. The summed E-state index contributed by atoms with van der Waals surface area (Å²) in [7, 11) is 0. The van der Waals surface area contributed by atoms with E-state index < -0.39 is 29.1 Å². The quantitative estimate of drug-likeness (QED) is 0.606. The van der Waals surface area contributed by atoms with Gasteiger partial charge in [0.1, 0.15) is 5.92 Å². The maximum Gasteiger partial charge on any atom is 0.404 e. The molecular formula is C10H7F3N2O2. The van der Waals surface area contributed by atoms with E-state index in [2.05, 4.69) is 0 Å². The zero-order valence-corrected chi connectivity index (χ0v) is 8.44. The van der Waals surface area contributed by atoms with Gasteiger partial charge in [-0.05, 0) is 0 Å². The maximum absolute atomic E-state index is 12.3. The van der Waals surface area contributed by atoms with Gasteiger partial charge in [-0.15, -0.1) is 0 Å². The van der Waals surface area contributed by atoms with Gasteiger partial charge in [-0.2, -0.15) is 18.4 Å². The molecule has 0 bridgehead atoms. The lowest BCUT2D eigenvalue weighted by atomic mass is 9.99. The SMILES string of the molecule is N#CC(Cc1ccccc1[N+](=O)[O-])C(F)(F)F. The van der Waals surface area contributed by atoms with Crippen molar-refractivity contribution in [3.05, 3.63) is 39.9 Å². The van der Waals surface area contributed by atoms with E-state index in [4.69, 9.17) is 5.26 Å². The molecule has 0 saturated carbocycles. The van der Waals surface area contributed by atoms with Crippen molar-refractivity contribution in [3.63, 3.8) is 0 Å². The molecule has 1 rings (SSSR count). The van der Waals surface area contributed by atoms with E-state index >= 15 is 0 Å². The second-order valence-electron chi connectivity index (χ2n) is 3.31. The highest BCUT2D eigenvalue weighted by Gasteiger charge is 2.40. The van der Waals surface area contributed by atoms with Gasteiger partial charge in [0.2, 0.25) is 0 Å².